The Hall–Kier alpha value is -3.19. The molecule has 2 aromatic carbocycles. The zero-order valence-corrected chi connectivity index (χ0v) is 18.1. The normalized spacial score (nSPS) is 11.6. The van der Waals surface area contributed by atoms with Crippen LogP contribution in [0.4, 0.5) is 0 Å². The monoisotopic (exact) mass is 422 g/mol. The second kappa shape index (κ2) is 7.91. The molecule has 2 aromatic heterocycles. The van der Waals surface area contributed by atoms with Gasteiger partial charge in [-0.1, -0.05) is 50.2 Å². The lowest BCUT2D eigenvalue weighted by atomic mass is 9.91. The van der Waals surface area contributed by atoms with E-state index in [4.69, 9.17) is 14.0 Å². The van der Waals surface area contributed by atoms with Crippen LogP contribution in [0.15, 0.2) is 53.1 Å². The summed E-state index contributed by atoms with van der Waals surface area (Å²) in [6.07, 6.45) is 0. The molecule has 0 saturated carbocycles. The van der Waals surface area contributed by atoms with Crippen LogP contribution >= 0.6 is 11.3 Å². The SMILES string of the molecule is COc1ccccc1-c1noc(-c2sc3ccccc3c2OCC(=O)C(C)(C)C)n1. The number of carbonyl (C=O) groups excluding carboxylic acids is 1. The molecule has 0 amide bonds. The van der Waals surface area contributed by atoms with Gasteiger partial charge in [-0.15, -0.1) is 11.3 Å². The Morgan fingerprint density at radius 1 is 1.10 bits per heavy atom. The second-order valence-electron chi connectivity index (χ2n) is 7.84. The van der Waals surface area contributed by atoms with E-state index < -0.39 is 5.41 Å². The summed E-state index contributed by atoms with van der Waals surface area (Å²) in [7, 11) is 1.60. The fraction of sp³-hybridized carbons (Fsp3) is 0.261. The van der Waals surface area contributed by atoms with Crippen molar-refractivity contribution >= 4 is 27.2 Å². The molecular weight excluding hydrogens is 400 g/mol. The van der Waals surface area contributed by atoms with Gasteiger partial charge in [-0.25, -0.2) is 0 Å². The third-order valence-electron chi connectivity index (χ3n) is 4.70. The summed E-state index contributed by atoms with van der Waals surface area (Å²) in [6.45, 7) is 5.61. The molecule has 0 aliphatic carbocycles. The zero-order valence-electron chi connectivity index (χ0n) is 17.3. The first-order chi connectivity index (χ1) is 14.4. The molecule has 154 valence electrons. The van der Waals surface area contributed by atoms with Gasteiger partial charge >= 0.3 is 0 Å². The number of benzene rings is 2. The van der Waals surface area contributed by atoms with Crippen molar-refractivity contribution in [3.63, 3.8) is 0 Å². The molecule has 0 unspecified atom stereocenters. The number of methoxy groups -OCH3 is 1. The van der Waals surface area contributed by atoms with Gasteiger partial charge in [-0.2, -0.15) is 4.98 Å². The molecule has 0 radical (unpaired) electrons. The Labute approximate surface area is 178 Å². The topological polar surface area (TPSA) is 74.5 Å². The van der Waals surface area contributed by atoms with E-state index in [1.807, 2.05) is 69.3 Å². The molecule has 0 saturated heterocycles. The number of hydrogen-bond acceptors (Lipinski definition) is 7. The molecule has 0 spiro atoms. The summed E-state index contributed by atoms with van der Waals surface area (Å²) in [5, 5.41) is 5.05. The number of thiophene rings is 1. The van der Waals surface area contributed by atoms with E-state index in [0.717, 1.165) is 15.6 Å². The number of rotatable bonds is 6. The fourth-order valence-electron chi connectivity index (χ4n) is 2.91. The van der Waals surface area contributed by atoms with Crippen LogP contribution in [0.25, 0.3) is 32.2 Å². The molecule has 0 fully saturated rings. The third kappa shape index (κ3) is 3.80. The number of Topliss-reactive ketones (excluding diaryl/α,β-unsaturated/α-hetero) is 1. The Kier molecular flexibility index (Phi) is 5.30. The van der Waals surface area contributed by atoms with Crippen LogP contribution in [0.2, 0.25) is 0 Å². The summed E-state index contributed by atoms with van der Waals surface area (Å²) < 4.78 is 18.0. The highest BCUT2D eigenvalue weighted by Gasteiger charge is 2.25. The maximum absolute atomic E-state index is 12.4. The highest BCUT2D eigenvalue weighted by atomic mass is 32.1. The quantitative estimate of drug-likeness (QED) is 0.401. The first kappa shape index (κ1) is 20.1. The van der Waals surface area contributed by atoms with E-state index in [0.29, 0.717) is 28.1 Å². The number of ketones is 1. The molecule has 0 N–H and O–H groups in total. The predicted octanol–water partition coefficient (Wildman–Crippen LogP) is 5.62. The van der Waals surface area contributed by atoms with Gasteiger partial charge in [0.15, 0.2) is 11.5 Å². The zero-order chi connectivity index (χ0) is 21.3. The summed E-state index contributed by atoms with van der Waals surface area (Å²) in [5.41, 5.74) is 0.259. The number of para-hydroxylation sites is 1. The highest BCUT2D eigenvalue weighted by molar-refractivity contribution is 7.22. The number of ether oxygens (including phenoxy) is 2. The number of hydrogen-bond donors (Lipinski definition) is 0. The van der Waals surface area contributed by atoms with Crippen molar-refractivity contribution in [3.8, 4) is 33.7 Å². The van der Waals surface area contributed by atoms with Gasteiger partial charge in [-0.3, -0.25) is 4.79 Å². The molecule has 4 rings (SSSR count). The summed E-state index contributed by atoms with van der Waals surface area (Å²) >= 11 is 1.49. The van der Waals surface area contributed by atoms with Crippen LogP contribution in [0.5, 0.6) is 11.5 Å². The van der Waals surface area contributed by atoms with Crippen molar-refractivity contribution in [1.82, 2.24) is 10.1 Å². The molecule has 0 atom stereocenters. The first-order valence-electron chi connectivity index (χ1n) is 9.53. The number of nitrogens with zero attached hydrogens (tertiary/aromatic N) is 2. The van der Waals surface area contributed by atoms with Gasteiger partial charge in [0.2, 0.25) is 5.82 Å². The van der Waals surface area contributed by atoms with Crippen molar-refractivity contribution in [1.29, 1.82) is 0 Å². The summed E-state index contributed by atoms with van der Waals surface area (Å²) in [5.74, 6) is 2.03. The van der Waals surface area contributed by atoms with Crippen molar-refractivity contribution in [3.05, 3.63) is 48.5 Å². The Morgan fingerprint density at radius 3 is 2.60 bits per heavy atom. The van der Waals surface area contributed by atoms with E-state index in [1.54, 1.807) is 7.11 Å². The van der Waals surface area contributed by atoms with Gasteiger partial charge < -0.3 is 14.0 Å². The van der Waals surface area contributed by atoms with Crippen molar-refractivity contribution in [2.45, 2.75) is 20.8 Å². The van der Waals surface area contributed by atoms with Crippen molar-refractivity contribution in [2.24, 2.45) is 5.41 Å². The third-order valence-corrected chi connectivity index (χ3v) is 5.84. The fourth-order valence-corrected chi connectivity index (χ4v) is 3.98. The standard InChI is InChI=1S/C23H22N2O4S/c1-23(2,3)18(26)13-28-19-15-10-6-8-12-17(15)30-20(19)22-24-21(25-29-22)14-9-5-7-11-16(14)27-4/h5-12H,13H2,1-4H3. The Balaban J connectivity index is 1.74. The Bertz CT molecular complexity index is 1200. The van der Waals surface area contributed by atoms with Crippen LogP contribution in [0.3, 0.4) is 0 Å². The lowest BCUT2D eigenvalue weighted by Gasteiger charge is -2.16. The van der Waals surface area contributed by atoms with Crippen LogP contribution in [0.1, 0.15) is 20.8 Å². The molecule has 6 nitrogen and oxygen atoms in total. The summed E-state index contributed by atoms with van der Waals surface area (Å²) in [4.78, 5) is 17.7. The van der Waals surface area contributed by atoms with Gasteiger partial charge in [0.1, 0.15) is 17.2 Å². The van der Waals surface area contributed by atoms with E-state index in [-0.39, 0.29) is 12.4 Å². The van der Waals surface area contributed by atoms with Crippen LogP contribution in [-0.2, 0) is 4.79 Å². The average molecular weight is 423 g/mol. The van der Waals surface area contributed by atoms with Crippen LogP contribution in [0, 0.1) is 5.41 Å². The smallest absolute Gasteiger partial charge is 0.272 e. The van der Waals surface area contributed by atoms with Gasteiger partial charge in [-0.05, 0) is 24.3 Å². The molecule has 4 aromatic rings. The minimum atomic E-state index is -0.479. The molecule has 0 aliphatic heterocycles. The number of fused-ring (bicyclic) bond motifs is 1. The predicted molar refractivity (Wildman–Crippen MR) is 117 cm³/mol. The minimum absolute atomic E-state index is 0.0176. The lowest BCUT2D eigenvalue weighted by Crippen LogP contribution is -2.26. The maximum Gasteiger partial charge on any atom is 0.272 e. The largest absolute Gasteiger partial charge is 0.496 e. The van der Waals surface area contributed by atoms with E-state index in [9.17, 15) is 4.79 Å². The molecule has 7 heteroatoms. The molecule has 0 bridgehead atoms. The highest BCUT2D eigenvalue weighted by Crippen LogP contribution is 2.44. The van der Waals surface area contributed by atoms with E-state index >= 15 is 0 Å². The maximum atomic E-state index is 12.4. The Morgan fingerprint density at radius 2 is 1.83 bits per heavy atom. The van der Waals surface area contributed by atoms with E-state index in [1.165, 1.54) is 11.3 Å². The number of carbonyl (C=O) groups is 1. The minimum Gasteiger partial charge on any atom is -0.496 e. The van der Waals surface area contributed by atoms with Gasteiger partial charge in [0.05, 0.1) is 12.7 Å². The van der Waals surface area contributed by atoms with Crippen molar-refractivity contribution < 1.29 is 18.8 Å². The average Bonchev–Trinajstić information content (AvgIpc) is 3.36. The summed E-state index contributed by atoms with van der Waals surface area (Å²) in [6, 6.07) is 15.3. The first-order valence-corrected chi connectivity index (χ1v) is 10.3. The molecule has 30 heavy (non-hydrogen) atoms. The van der Waals surface area contributed by atoms with Crippen LogP contribution in [-0.4, -0.2) is 29.6 Å². The van der Waals surface area contributed by atoms with Gasteiger partial charge in [0, 0.05) is 15.5 Å². The second-order valence-corrected chi connectivity index (χ2v) is 8.89. The van der Waals surface area contributed by atoms with E-state index in [2.05, 4.69) is 10.1 Å². The van der Waals surface area contributed by atoms with Gasteiger partial charge in [0.25, 0.3) is 5.89 Å². The number of aromatic nitrogens is 2. The lowest BCUT2D eigenvalue weighted by molar-refractivity contribution is -0.128. The molecule has 2 heterocycles. The van der Waals surface area contributed by atoms with Crippen molar-refractivity contribution in [2.75, 3.05) is 13.7 Å². The molecule has 0 aliphatic rings. The molecular formula is C23H22N2O4S. The van der Waals surface area contributed by atoms with Crippen LogP contribution < -0.4 is 9.47 Å².